The molecule has 0 aliphatic rings. The molecule has 0 bridgehead atoms. The number of nitrogens with two attached hydrogens (primary N) is 1. The molecule has 100 valence electrons. The van der Waals surface area contributed by atoms with Crippen LogP contribution in [0.15, 0.2) is 48.8 Å². The Morgan fingerprint density at radius 1 is 1.21 bits per heavy atom. The van der Waals surface area contributed by atoms with Crippen LogP contribution in [0.4, 0.5) is 5.69 Å². The maximum Gasteiger partial charge on any atom is 0.0679 e. The Balaban J connectivity index is 2.31. The van der Waals surface area contributed by atoms with E-state index in [0.29, 0.717) is 6.54 Å². The standard InChI is InChI=1S/C16H21N3/c1-3-19(15-8-6-13(2)7-9-15)16(11-17)14-5-4-10-18-12-14/h4-10,12,16H,3,11,17H2,1-2H3. The highest BCUT2D eigenvalue weighted by Crippen LogP contribution is 2.26. The van der Waals surface area contributed by atoms with Gasteiger partial charge in [0.2, 0.25) is 0 Å². The van der Waals surface area contributed by atoms with E-state index in [9.17, 15) is 0 Å². The fourth-order valence-electron chi connectivity index (χ4n) is 2.34. The summed E-state index contributed by atoms with van der Waals surface area (Å²) in [7, 11) is 0. The van der Waals surface area contributed by atoms with E-state index < -0.39 is 0 Å². The quantitative estimate of drug-likeness (QED) is 0.893. The predicted molar refractivity (Wildman–Crippen MR) is 80.2 cm³/mol. The summed E-state index contributed by atoms with van der Waals surface area (Å²) in [6.07, 6.45) is 3.69. The summed E-state index contributed by atoms with van der Waals surface area (Å²) in [5.74, 6) is 0. The largest absolute Gasteiger partial charge is 0.363 e. The first-order valence-corrected chi connectivity index (χ1v) is 6.69. The number of benzene rings is 1. The van der Waals surface area contributed by atoms with Crippen molar-refractivity contribution >= 4 is 5.69 Å². The van der Waals surface area contributed by atoms with E-state index in [0.717, 1.165) is 12.1 Å². The number of aryl methyl sites for hydroxylation is 1. The SMILES string of the molecule is CCN(c1ccc(C)cc1)C(CN)c1cccnc1. The molecule has 0 aliphatic carbocycles. The van der Waals surface area contributed by atoms with Crippen molar-refractivity contribution in [2.45, 2.75) is 19.9 Å². The molecule has 0 amide bonds. The Labute approximate surface area is 115 Å². The molecule has 2 N–H and O–H groups in total. The third-order valence-corrected chi connectivity index (χ3v) is 3.37. The number of anilines is 1. The lowest BCUT2D eigenvalue weighted by atomic mass is 10.1. The fraction of sp³-hybridized carbons (Fsp3) is 0.312. The van der Waals surface area contributed by atoms with Crippen molar-refractivity contribution in [1.29, 1.82) is 0 Å². The average Bonchev–Trinajstić information content (AvgIpc) is 2.47. The van der Waals surface area contributed by atoms with Gasteiger partial charge in [-0.3, -0.25) is 4.98 Å². The van der Waals surface area contributed by atoms with E-state index >= 15 is 0 Å². The number of hydrogen-bond donors (Lipinski definition) is 1. The first-order valence-electron chi connectivity index (χ1n) is 6.69. The molecule has 0 spiro atoms. The van der Waals surface area contributed by atoms with Crippen LogP contribution in [-0.4, -0.2) is 18.1 Å². The van der Waals surface area contributed by atoms with Gasteiger partial charge in [0.05, 0.1) is 6.04 Å². The minimum absolute atomic E-state index is 0.168. The van der Waals surface area contributed by atoms with Gasteiger partial charge in [0.15, 0.2) is 0 Å². The molecule has 0 saturated heterocycles. The van der Waals surface area contributed by atoms with Crippen molar-refractivity contribution < 1.29 is 0 Å². The number of rotatable bonds is 5. The molecule has 0 aliphatic heterocycles. The predicted octanol–water partition coefficient (Wildman–Crippen LogP) is 2.92. The summed E-state index contributed by atoms with van der Waals surface area (Å²) in [5, 5.41) is 0. The molecular weight excluding hydrogens is 234 g/mol. The molecule has 1 aromatic heterocycles. The summed E-state index contributed by atoms with van der Waals surface area (Å²) in [4.78, 5) is 6.51. The van der Waals surface area contributed by atoms with Crippen LogP contribution in [0.25, 0.3) is 0 Å². The van der Waals surface area contributed by atoms with Gasteiger partial charge in [-0.15, -0.1) is 0 Å². The Morgan fingerprint density at radius 3 is 2.47 bits per heavy atom. The highest BCUT2D eigenvalue weighted by atomic mass is 15.2. The van der Waals surface area contributed by atoms with Crippen molar-refractivity contribution in [2.75, 3.05) is 18.0 Å². The number of aromatic nitrogens is 1. The van der Waals surface area contributed by atoms with Crippen LogP contribution >= 0.6 is 0 Å². The summed E-state index contributed by atoms with van der Waals surface area (Å²) in [6, 6.07) is 12.8. The Morgan fingerprint density at radius 2 is 1.95 bits per heavy atom. The molecule has 2 rings (SSSR count). The molecule has 2 aromatic rings. The zero-order valence-electron chi connectivity index (χ0n) is 11.6. The zero-order valence-corrected chi connectivity index (χ0v) is 11.6. The zero-order chi connectivity index (χ0) is 13.7. The van der Waals surface area contributed by atoms with Crippen LogP contribution in [-0.2, 0) is 0 Å². The van der Waals surface area contributed by atoms with Crippen molar-refractivity contribution in [2.24, 2.45) is 5.73 Å². The van der Waals surface area contributed by atoms with Gasteiger partial charge in [-0.1, -0.05) is 23.8 Å². The van der Waals surface area contributed by atoms with Gasteiger partial charge >= 0.3 is 0 Å². The second-order valence-electron chi connectivity index (χ2n) is 4.66. The van der Waals surface area contributed by atoms with Crippen molar-refractivity contribution in [3.63, 3.8) is 0 Å². The van der Waals surface area contributed by atoms with Crippen LogP contribution in [0.5, 0.6) is 0 Å². The monoisotopic (exact) mass is 255 g/mol. The van der Waals surface area contributed by atoms with Crippen molar-refractivity contribution in [3.05, 3.63) is 59.9 Å². The lowest BCUT2D eigenvalue weighted by Crippen LogP contribution is -2.33. The third kappa shape index (κ3) is 3.12. The van der Waals surface area contributed by atoms with Crippen LogP contribution in [0.1, 0.15) is 24.1 Å². The summed E-state index contributed by atoms with van der Waals surface area (Å²) in [6.45, 7) is 5.74. The van der Waals surface area contributed by atoms with Gasteiger partial charge < -0.3 is 10.6 Å². The van der Waals surface area contributed by atoms with E-state index in [1.165, 1.54) is 11.3 Å². The average molecular weight is 255 g/mol. The molecular formula is C16H21N3. The maximum absolute atomic E-state index is 5.98. The number of likely N-dealkylation sites (N-methyl/N-ethyl adjacent to an activating group) is 1. The molecule has 1 unspecified atom stereocenters. The van der Waals surface area contributed by atoms with Gasteiger partial charge in [-0.25, -0.2) is 0 Å². The summed E-state index contributed by atoms with van der Waals surface area (Å²) < 4.78 is 0. The molecule has 1 heterocycles. The van der Waals surface area contributed by atoms with Gasteiger partial charge in [0.1, 0.15) is 0 Å². The molecule has 0 saturated carbocycles. The topological polar surface area (TPSA) is 42.1 Å². The second kappa shape index (κ2) is 6.34. The minimum Gasteiger partial charge on any atom is -0.363 e. The smallest absolute Gasteiger partial charge is 0.0679 e. The molecule has 1 aromatic carbocycles. The third-order valence-electron chi connectivity index (χ3n) is 3.37. The second-order valence-corrected chi connectivity index (χ2v) is 4.66. The minimum atomic E-state index is 0.168. The first kappa shape index (κ1) is 13.6. The molecule has 1 atom stereocenters. The lowest BCUT2D eigenvalue weighted by Gasteiger charge is -2.32. The Kier molecular flexibility index (Phi) is 4.53. The molecule has 3 heteroatoms. The summed E-state index contributed by atoms with van der Waals surface area (Å²) >= 11 is 0. The van der Waals surface area contributed by atoms with Crippen LogP contribution in [0.2, 0.25) is 0 Å². The van der Waals surface area contributed by atoms with Crippen LogP contribution in [0, 0.1) is 6.92 Å². The Bertz CT molecular complexity index is 493. The summed E-state index contributed by atoms with van der Waals surface area (Å²) in [5.41, 5.74) is 9.61. The Hall–Kier alpha value is -1.87. The number of hydrogen-bond acceptors (Lipinski definition) is 3. The first-order chi connectivity index (χ1) is 9.26. The van der Waals surface area contributed by atoms with E-state index in [1.807, 2.05) is 12.3 Å². The maximum atomic E-state index is 5.98. The van der Waals surface area contributed by atoms with Crippen molar-refractivity contribution in [1.82, 2.24) is 4.98 Å². The van der Waals surface area contributed by atoms with Gasteiger partial charge in [0.25, 0.3) is 0 Å². The lowest BCUT2D eigenvalue weighted by molar-refractivity contribution is 0.641. The van der Waals surface area contributed by atoms with E-state index in [2.05, 4.69) is 54.1 Å². The normalized spacial score (nSPS) is 12.2. The van der Waals surface area contributed by atoms with E-state index in [-0.39, 0.29) is 6.04 Å². The highest BCUT2D eigenvalue weighted by molar-refractivity contribution is 5.49. The molecule has 0 radical (unpaired) electrons. The van der Waals surface area contributed by atoms with Gasteiger partial charge in [0, 0.05) is 31.2 Å². The van der Waals surface area contributed by atoms with Crippen LogP contribution in [0.3, 0.4) is 0 Å². The van der Waals surface area contributed by atoms with E-state index in [4.69, 9.17) is 5.73 Å². The van der Waals surface area contributed by atoms with E-state index in [1.54, 1.807) is 6.20 Å². The van der Waals surface area contributed by atoms with Crippen molar-refractivity contribution in [3.8, 4) is 0 Å². The van der Waals surface area contributed by atoms with Gasteiger partial charge in [-0.2, -0.15) is 0 Å². The fourth-order valence-corrected chi connectivity index (χ4v) is 2.34. The highest BCUT2D eigenvalue weighted by Gasteiger charge is 2.18. The molecule has 0 fully saturated rings. The number of nitrogens with zero attached hydrogens (tertiary/aromatic N) is 2. The van der Waals surface area contributed by atoms with Gasteiger partial charge in [-0.05, 0) is 37.6 Å². The van der Waals surface area contributed by atoms with Crippen LogP contribution < -0.4 is 10.6 Å². The molecule has 19 heavy (non-hydrogen) atoms. The molecule has 3 nitrogen and oxygen atoms in total. The number of pyridine rings is 1.